The number of halogens is 1. The average molecular weight is 279 g/mol. The first-order chi connectivity index (χ1) is 7.02. The predicted octanol–water partition coefficient (Wildman–Crippen LogP) is 2.03. The monoisotopic (exact) mass is 278 g/mol. The molecule has 0 N–H and O–H groups in total. The van der Waals surface area contributed by atoms with Gasteiger partial charge in [0.15, 0.2) is 5.92 Å². The van der Waals surface area contributed by atoms with E-state index in [9.17, 15) is 9.59 Å². The number of hydrogen-bond donors (Lipinski definition) is 0. The molecule has 4 nitrogen and oxygen atoms in total. The molecule has 0 heterocycles. The Morgan fingerprint density at radius 3 is 1.87 bits per heavy atom. The summed E-state index contributed by atoms with van der Waals surface area (Å²) in [5.41, 5.74) is 0. The predicted molar refractivity (Wildman–Crippen MR) is 59.4 cm³/mol. The van der Waals surface area contributed by atoms with Crippen molar-refractivity contribution in [1.82, 2.24) is 0 Å². The second-order valence-electron chi connectivity index (χ2n) is 2.78. The highest BCUT2D eigenvalue weighted by Crippen LogP contribution is 2.18. The lowest BCUT2D eigenvalue weighted by molar-refractivity contribution is -0.161. The number of rotatable bonds is 6. The Bertz CT molecular complexity index is 232. The van der Waals surface area contributed by atoms with Crippen LogP contribution in [0.3, 0.4) is 0 Å². The third kappa shape index (κ3) is 5.57. The van der Waals surface area contributed by atoms with E-state index in [1.165, 1.54) is 0 Å². The maximum absolute atomic E-state index is 11.4. The SMILES string of the molecule is C=C(Br)CC(C(=O)OCC)C(=O)OCC. The molecule has 0 radical (unpaired) electrons. The van der Waals surface area contributed by atoms with E-state index in [2.05, 4.69) is 22.5 Å². The van der Waals surface area contributed by atoms with E-state index in [0.29, 0.717) is 4.48 Å². The van der Waals surface area contributed by atoms with E-state index in [-0.39, 0.29) is 19.6 Å². The van der Waals surface area contributed by atoms with Gasteiger partial charge in [0.05, 0.1) is 13.2 Å². The number of hydrogen-bond acceptors (Lipinski definition) is 4. The van der Waals surface area contributed by atoms with Crippen molar-refractivity contribution >= 4 is 27.9 Å². The molecular weight excluding hydrogens is 264 g/mol. The molecule has 0 aromatic rings. The van der Waals surface area contributed by atoms with Gasteiger partial charge in [-0.1, -0.05) is 22.5 Å². The third-order valence-corrected chi connectivity index (χ3v) is 1.89. The van der Waals surface area contributed by atoms with Crippen LogP contribution in [0.1, 0.15) is 20.3 Å². The number of esters is 2. The molecule has 0 atom stereocenters. The second-order valence-corrected chi connectivity index (χ2v) is 3.90. The minimum atomic E-state index is -0.920. The molecular formula is C10H15BrO4. The number of carbonyl (C=O) groups is 2. The lowest BCUT2D eigenvalue weighted by atomic mass is 10.1. The molecule has 0 aliphatic rings. The Labute approximate surface area is 97.8 Å². The first-order valence-corrected chi connectivity index (χ1v) is 5.48. The van der Waals surface area contributed by atoms with Crippen molar-refractivity contribution in [3.8, 4) is 0 Å². The van der Waals surface area contributed by atoms with Crippen LogP contribution in [0.4, 0.5) is 0 Å². The zero-order valence-corrected chi connectivity index (χ0v) is 10.5. The number of ether oxygens (including phenoxy) is 2. The molecule has 86 valence electrons. The standard InChI is InChI=1S/C10H15BrO4/c1-4-14-9(12)8(6-7(3)11)10(13)15-5-2/h8H,3-6H2,1-2H3. The van der Waals surface area contributed by atoms with Crippen molar-refractivity contribution in [3.05, 3.63) is 11.1 Å². The molecule has 0 aliphatic heterocycles. The fourth-order valence-electron chi connectivity index (χ4n) is 0.970. The molecule has 0 fully saturated rings. The lowest BCUT2D eigenvalue weighted by Gasteiger charge is -2.13. The maximum atomic E-state index is 11.4. The molecule has 0 spiro atoms. The van der Waals surface area contributed by atoms with Gasteiger partial charge < -0.3 is 9.47 Å². The van der Waals surface area contributed by atoms with Crippen molar-refractivity contribution in [2.75, 3.05) is 13.2 Å². The van der Waals surface area contributed by atoms with Gasteiger partial charge in [-0.05, 0) is 18.3 Å². The summed E-state index contributed by atoms with van der Waals surface area (Å²) >= 11 is 3.10. The van der Waals surface area contributed by atoms with E-state index >= 15 is 0 Å². The van der Waals surface area contributed by atoms with Gasteiger partial charge in [0.1, 0.15) is 0 Å². The van der Waals surface area contributed by atoms with E-state index < -0.39 is 17.9 Å². The summed E-state index contributed by atoms with van der Waals surface area (Å²) in [6.07, 6.45) is 0.192. The van der Waals surface area contributed by atoms with Gasteiger partial charge in [-0.15, -0.1) is 0 Å². The van der Waals surface area contributed by atoms with Gasteiger partial charge in [0, 0.05) is 6.42 Å². The smallest absolute Gasteiger partial charge is 0.320 e. The largest absolute Gasteiger partial charge is 0.465 e. The van der Waals surface area contributed by atoms with Crippen LogP contribution in [-0.4, -0.2) is 25.2 Å². The third-order valence-electron chi connectivity index (χ3n) is 1.57. The summed E-state index contributed by atoms with van der Waals surface area (Å²) in [5.74, 6) is -2.06. The highest BCUT2D eigenvalue weighted by atomic mass is 79.9. The first kappa shape index (κ1) is 14.2. The first-order valence-electron chi connectivity index (χ1n) is 4.69. The fraction of sp³-hybridized carbons (Fsp3) is 0.600. The molecule has 0 aromatic heterocycles. The number of allylic oxidation sites excluding steroid dienone is 1. The van der Waals surface area contributed by atoms with Crippen LogP contribution in [0, 0.1) is 5.92 Å². The second kappa shape index (κ2) is 7.45. The zero-order valence-electron chi connectivity index (χ0n) is 8.92. The van der Waals surface area contributed by atoms with Gasteiger partial charge in [-0.2, -0.15) is 0 Å². The van der Waals surface area contributed by atoms with Gasteiger partial charge in [-0.3, -0.25) is 9.59 Å². The van der Waals surface area contributed by atoms with E-state index in [0.717, 1.165) is 0 Å². The minimum absolute atomic E-state index is 0.192. The van der Waals surface area contributed by atoms with Crippen LogP contribution in [0.2, 0.25) is 0 Å². The summed E-state index contributed by atoms with van der Waals surface area (Å²) < 4.78 is 10.1. The van der Waals surface area contributed by atoms with E-state index in [1.807, 2.05) is 0 Å². The molecule has 15 heavy (non-hydrogen) atoms. The summed E-state index contributed by atoms with van der Waals surface area (Å²) in [5, 5.41) is 0. The van der Waals surface area contributed by atoms with Crippen LogP contribution in [0.5, 0.6) is 0 Å². The van der Waals surface area contributed by atoms with Gasteiger partial charge in [0.25, 0.3) is 0 Å². The normalized spacial score (nSPS) is 9.87. The van der Waals surface area contributed by atoms with Gasteiger partial charge in [0.2, 0.25) is 0 Å². The molecule has 5 heteroatoms. The molecule has 0 bridgehead atoms. The van der Waals surface area contributed by atoms with E-state index in [1.54, 1.807) is 13.8 Å². The zero-order chi connectivity index (χ0) is 11.8. The Hall–Kier alpha value is -0.840. The van der Waals surface area contributed by atoms with Crippen LogP contribution in [0.15, 0.2) is 11.1 Å². The molecule has 0 saturated heterocycles. The van der Waals surface area contributed by atoms with Crippen molar-refractivity contribution < 1.29 is 19.1 Å². The Balaban J connectivity index is 4.49. The van der Waals surface area contributed by atoms with Crippen LogP contribution >= 0.6 is 15.9 Å². The summed E-state index contributed by atoms with van der Waals surface area (Å²) in [4.78, 5) is 22.8. The average Bonchev–Trinajstić information content (AvgIpc) is 2.14. The summed E-state index contributed by atoms with van der Waals surface area (Å²) in [6.45, 7) is 7.43. The summed E-state index contributed by atoms with van der Waals surface area (Å²) in [6, 6.07) is 0. The molecule has 0 aromatic carbocycles. The highest BCUT2D eigenvalue weighted by Gasteiger charge is 2.29. The molecule has 0 saturated carbocycles. The minimum Gasteiger partial charge on any atom is -0.465 e. The van der Waals surface area contributed by atoms with Crippen molar-refractivity contribution in [1.29, 1.82) is 0 Å². The van der Waals surface area contributed by atoms with Gasteiger partial charge in [-0.25, -0.2) is 0 Å². The van der Waals surface area contributed by atoms with Gasteiger partial charge >= 0.3 is 11.9 Å². The van der Waals surface area contributed by atoms with E-state index in [4.69, 9.17) is 9.47 Å². The quantitative estimate of drug-likeness (QED) is 0.551. The molecule has 0 aliphatic carbocycles. The molecule has 0 amide bonds. The van der Waals surface area contributed by atoms with Crippen LogP contribution in [-0.2, 0) is 19.1 Å². The summed E-state index contributed by atoms with van der Waals surface area (Å²) in [7, 11) is 0. The molecule has 0 unspecified atom stereocenters. The van der Waals surface area contributed by atoms with Crippen LogP contribution < -0.4 is 0 Å². The fourth-order valence-corrected chi connectivity index (χ4v) is 1.29. The maximum Gasteiger partial charge on any atom is 0.320 e. The Morgan fingerprint density at radius 1 is 1.20 bits per heavy atom. The van der Waals surface area contributed by atoms with Crippen molar-refractivity contribution in [2.24, 2.45) is 5.92 Å². The van der Waals surface area contributed by atoms with Crippen LogP contribution in [0.25, 0.3) is 0 Å². The molecule has 0 rings (SSSR count). The lowest BCUT2D eigenvalue weighted by Crippen LogP contribution is -2.28. The van der Waals surface area contributed by atoms with Crippen molar-refractivity contribution in [3.63, 3.8) is 0 Å². The topological polar surface area (TPSA) is 52.6 Å². The Morgan fingerprint density at radius 2 is 1.60 bits per heavy atom. The van der Waals surface area contributed by atoms with Crippen molar-refractivity contribution in [2.45, 2.75) is 20.3 Å². The number of carbonyl (C=O) groups excluding carboxylic acids is 2. The Kier molecular flexibility index (Phi) is 7.03. The highest BCUT2D eigenvalue weighted by molar-refractivity contribution is 9.11.